The monoisotopic (exact) mass is 284 g/mol. The number of amidine groups is 1. The maximum atomic E-state index is 12.8. The largest absolute Gasteiger partial charge is 0.385 e. The molecule has 0 unspecified atom stereocenters. The summed E-state index contributed by atoms with van der Waals surface area (Å²) in [5.74, 6) is -1.18. The third kappa shape index (κ3) is 3.07. The molecule has 8 heteroatoms. The Hall–Kier alpha value is -0.850. The van der Waals surface area contributed by atoms with Gasteiger partial charge in [0.05, 0.1) is 15.8 Å². The van der Waals surface area contributed by atoms with Gasteiger partial charge in [0.2, 0.25) is 0 Å². The van der Waals surface area contributed by atoms with E-state index in [4.69, 9.17) is 28.9 Å². The summed E-state index contributed by atoms with van der Waals surface area (Å²) in [4.78, 5) is -0.244. The first-order chi connectivity index (χ1) is 7.36. The van der Waals surface area contributed by atoms with Gasteiger partial charge >= 0.3 is 0 Å². The molecule has 0 aliphatic heterocycles. The van der Waals surface area contributed by atoms with Crippen LogP contribution in [-0.4, -0.2) is 20.1 Å². The quantitative estimate of drug-likeness (QED) is 0.522. The van der Waals surface area contributed by atoms with E-state index in [-0.39, 0.29) is 21.6 Å². The van der Waals surface area contributed by atoms with E-state index in [9.17, 15) is 12.8 Å². The summed E-state index contributed by atoms with van der Waals surface area (Å²) in [6.45, 7) is 0. The number of alkyl halides is 1. The third-order valence-electron chi connectivity index (χ3n) is 1.56. The Morgan fingerprint density at radius 3 is 2.62 bits per heavy atom. The number of nitrogens with zero attached hydrogens (tertiary/aromatic N) is 1. The number of hydrogen-bond donors (Lipinski definition) is 1. The molecule has 16 heavy (non-hydrogen) atoms. The summed E-state index contributed by atoms with van der Waals surface area (Å²) in [5, 5.41) is -0.305. The fourth-order valence-electron chi connectivity index (χ4n) is 0.869. The maximum Gasteiger partial charge on any atom is 0.284 e. The number of nitrogens with two attached hydrogens (primary N) is 1. The van der Waals surface area contributed by atoms with Crippen LogP contribution in [0.3, 0.4) is 0 Å². The standard InChI is InChI=1S/C8H7Cl2FN2O2S/c9-4-8(12)13-16(14,15)5-1-2-7(11)6(10)3-5/h1-3H,4H2,(H2,12,13). The second kappa shape index (κ2) is 4.99. The van der Waals surface area contributed by atoms with Crippen molar-refractivity contribution in [3.8, 4) is 0 Å². The van der Waals surface area contributed by atoms with Crippen molar-refractivity contribution in [1.82, 2.24) is 0 Å². The lowest BCUT2D eigenvalue weighted by atomic mass is 10.3. The van der Waals surface area contributed by atoms with Crippen LogP contribution >= 0.6 is 23.2 Å². The highest BCUT2D eigenvalue weighted by Gasteiger charge is 2.15. The zero-order valence-electron chi connectivity index (χ0n) is 7.82. The summed E-state index contributed by atoms with van der Waals surface area (Å²) < 4.78 is 39.1. The van der Waals surface area contributed by atoms with Crippen molar-refractivity contribution in [3.05, 3.63) is 29.0 Å². The van der Waals surface area contributed by atoms with Gasteiger partial charge in [-0.25, -0.2) is 4.39 Å². The molecule has 0 saturated heterocycles. The van der Waals surface area contributed by atoms with E-state index in [1.807, 2.05) is 0 Å². The number of benzene rings is 1. The highest BCUT2D eigenvalue weighted by molar-refractivity contribution is 7.90. The van der Waals surface area contributed by atoms with Crippen molar-refractivity contribution in [2.75, 3.05) is 5.88 Å². The molecule has 0 saturated carbocycles. The van der Waals surface area contributed by atoms with E-state index in [1.54, 1.807) is 0 Å². The van der Waals surface area contributed by atoms with Crippen LogP contribution in [0.25, 0.3) is 0 Å². The summed E-state index contributed by atoms with van der Waals surface area (Å²) in [7, 11) is -3.98. The van der Waals surface area contributed by atoms with Gasteiger partial charge in [-0.1, -0.05) is 11.6 Å². The third-order valence-corrected chi connectivity index (χ3v) is 3.45. The van der Waals surface area contributed by atoms with E-state index < -0.39 is 15.8 Å². The lowest BCUT2D eigenvalue weighted by Gasteiger charge is -2.01. The summed E-state index contributed by atoms with van der Waals surface area (Å²) in [5.41, 5.74) is 5.20. The lowest BCUT2D eigenvalue weighted by Crippen LogP contribution is -2.16. The number of halogens is 3. The van der Waals surface area contributed by atoms with Crippen molar-refractivity contribution in [1.29, 1.82) is 0 Å². The van der Waals surface area contributed by atoms with Gasteiger partial charge in [-0.05, 0) is 18.2 Å². The molecule has 0 fully saturated rings. The average Bonchev–Trinajstić information content (AvgIpc) is 2.21. The second-order valence-electron chi connectivity index (χ2n) is 2.77. The smallest absolute Gasteiger partial charge is 0.284 e. The second-order valence-corrected chi connectivity index (χ2v) is 5.05. The predicted octanol–water partition coefficient (Wildman–Crippen LogP) is 1.76. The molecule has 0 amide bonds. The summed E-state index contributed by atoms with van der Waals surface area (Å²) >= 11 is 10.7. The van der Waals surface area contributed by atoms with Gasteiger partial charge in [-0.2, -0.15) is 8.42 Å². The topological polar surface area (TPSA) is 72.5 Å². The molecule has 0 aliphatic carbocycles. The van der Waals surface area contributed by atoms with Gasteiger partial charge in [0.25, 0.3) is 10.0 Å². The minimum absolute atomic E-state index is 0.214. The van der Waals surface area contributed by atoms with Crippen molar-refractivity contribution in [2.45, 2.75) is 4.90 Å². The molecule has 0 heterocycles. The Kier molecular flexibility index (Phi) is 4.12. The van der Waals surface area contributed by atoms with E-state index in [1.165, 1.54) is 0 Å². The lowest BCUT2D eigenvalue weighted by molar-refractivity contribution is 0.596. The first-order valence-electron chi connectivity index (χ1n) is 3.97. The normalized spacial score (nSPS) is 12.8. The maximum absolute atomic E-state index is 12.8. The molecule has 1 aromatic rings. The molecule has 0 atom stereocenters. The van der Waals surface area contributed by atoms with Gasteiger partial charge in [0, 0.05) is 0 Å². The molecule has 0 aromatic heterocycles. The van der Waals surface area contributed by atoms with Gasteiger partial charge in [-0.15, -0.1) is 16.0 Å². The van der Waals surface area contributed by atoms with Crippen LogP contribution in [0.5, 0.6) is 0 Å². The Bertz CT molecular complexity index is 531. The molecule has 1 aromatic carbocycles. The summed E-state index contributed by atoms with van der Waals surface area (Å²) in [6, 6.07) is 2.93. The number of hydrogen-bond acceptors (Lipinski definition) is 2. The Balaban J connectivity index is 3.23. The first-order valence-corrected chi connectivity index (χ1v) is 6.32. The molecular formula is C8H7Cl2FN2O2S. The van der Waals surface area contributed by atoms with E-state index in [2.05, 4.69) is 4.40 Å². The van der Waals surface area contributed by atoms with Crippen LogP contribution < -0.4 is 5.73 Å². The van der Waals surface area contributed by atoms with Crippen LogP contribution in [0.4, 0.5) is 4.39 Å². The molecule has 4 nitrogen and oxygen atoms in total. The van der Waals surface area contributed by atoms with Crippen LogP contribution in [0.1, 0.15) is 0 Å². The highest BCUT2D eigenvalue weighted by atomic mass is 35.5. The fourth-order valence-corrected chi connectivity index (χ4v) is 2.23. The van der Waals surface area contributed by atoms with Gasteiger partial charge < -0.3 is 5.73 Å². The van der Waals surface area contributed by atoms with Crippen LogP contribution in [0.2, 0.25) is 5.02 Å². The molecule has 0 spiro atoms. The fraction of sp³-hybridized carbons (Fsp3) is 0.125. The van der Waals surface area contributed by atoms with E-state index in [0.29, 0.717) is 0 Å². The average molecular weight is 285 g/mol. The van der Waals surface area contributed by atoms with Crippen molar-refractivity contribution < 1.29 is 12.8 Å². The molecule has 0 aliphatic rings. The molecule has 1 rings (SSSR count). The van der Waals surface area contributed by atoms with Gasteiger partial charge in [0.15, 0.2) is 0 Å². The van der Waals surface area contributed by atoms with Crippen LogP contribution in [0, 0.1) is 5.82 Å². The minimum atomic E-state index is -3.98. The molecule has 2 N–H and O–H groups in total. The Morgan fingerprint density at radius 1 is 1.50 bits per heavy atom. The molecule has 0 bridgehead atoms. The zero-order chi connectivity index (χ0) is 12.3. The highest BCUT2D eigenvalue weighted by Crippen LogP contribution is 2.20. The number of sulfonamides is 1. The minimum Gasteiger partial charge on any atom is -0.385 e. The first kappa shape index (κ1) is 13.2. The van der Waals surface area contributed by atoms with Gasteiger partial charge in [-0.3, -0.25) is 0 Å². The molecular weight excluding hydrogens is 278 g/mol. The van der Waals surface area contributed by atoms with Crippen LogP contribution in [0.15, 0.2) is 27.5 Å². The van der Waals surface area contributed by atoms with Crippen molar-refractivity contribution in [2.24, 2.45) is 10.1 Å². The molecule has 0 radical (unpaired) electrons. The van der Waals surface area contributed by atoms with Crippen LogP contribution in [-0.2, 0) is 10.0 Å². The SMILES string of the molecule is NC(CCl)=NS(=O)(=O)c1ccc(F)c(Cl)c1. The van der Waals surface area contributed by atoms with Crippen molar-refractivity contribution in [3.63, 3.8) is 0 Å². The Labute approximate surface area is 102 Å². The number of rotatable bonds is 3. The summed E-state index contributed by atoms with van der Waals surface area (Å²) in [6.07, 6.45) is 0. The zero-order valence-corrected chi connectivity index (χ0v) is 10.2. The van der Waals surface area contributed by atoms with E-state index in [0.717, 1.165) is 18.2 Å². The van der Waals surface area contributed by atoms with Crippen molar-refractivity contribution >= 4 is 39.1 Å². The predicted molar refractivity (Wildman–Crippen MR) is 60.9 cm³/mol. The van der Waals surface area contributed by atoms with Gasteiger partial charge in [0.1, 0.15) is 11.7 Å². The van der Waals surface area contributed by atoms with E-state index >= 15 is 0 Å². The molecule has 88 valence electrons. The Morgan fingerprint density at radius 2 is 2.12 bits per heavy atom.